The molecule has 0 saturated heterocycles. The molecule has 0 heterocycles. The fourth-order valence-corrected chi connectivity index (χ4v) is 11.0. The van der Waals surface area contributed by atoms with Gasteiger partial charge in [0.1, 0.15) is 19.3 Å². The summed E-state index contributed by atoms with van der Waals surface area (Å²) >= 11 is 0. The van der Waals surface area contributed by atoms with Crippen LogP contribution in [0.5, 0.6) is 0 Å². The molecule has 0 aromatic carbocycles. The zero-order valence-corrected chi connectivity index (χ0v) is 55.3. The van der Waals surface area contributed by atoms with Crippen molar-refractivity contribution in [3.05, 3.63) is 0 Å². The smallest absolute Gasteiger partial charge is 0.462 e. The van der Waals surface area contributed by atoms with E-state index < -0.39 is 97.5 Å². The van der Waals surface area contributed by atoms with Crippen LogP contribution >= 0.6 is 15.6 Å². The molecule has 7 atom stereocenters. The van der Waals surface area contributed by atoms with Gasteiger partial charge in [0.2, 0.25) is 0 Å². The molecule has 19 heteroatoms. The highest BCUT2D eigenvalue weighted by Crippen LogP contribution is 2.45. The first-order valence-electron chi connectivity index (χ1n) is 33.6. The van der Waals surface area contributed by atoms with Crippen LogP contribution in [-0.4, -0.2) is 96.7 Å². The third kappa shape index (κ3) is 56.3. The highest BCUT2D eigenvalue weighted by molar-refractivity contribution is 7.47. The second-order valence-corrected chi connectivity index (χ2v) is 26.5. The van der Waals surface area contributed by atoms with Crippen molar-refractivity contribution in [2.24, 2.45) is 11.8 Å². The summed E-state index contributed by atoms with van der Waals surface area (Å²) in [6.45, 7) is 9.46. The molecular weight excluding hydrogens is 1100 g/mol. The Kier molecular flexibility index (Phi) is 55.2. The Hall–Kier alpha value is -1.94. The molecule has 3 N–H and O–H groups in total. The topological polar surface area (TPSA) is 237 Å². The largest absolute Gasteiger partial charge is 0.472 e. The predicted octanol–water partition coefficient (Wildman–Crippen LogP) is 17.7. The Morgan fingerprint density at radius 3 is 0.855 bits per heavy atom. The van der Waals surface area contributed by atoms with E-state index in [2.05, 4.69) is 41.5 Å². The summed E-state index contributed by atoms with van der Waals surface area (Å²) in [6, 6.07) is 0. The predicted molar refractivity (Wildman–Crippen MR) is 331 cm³/mol. The quantitative estimate of drug-likeness (QED) is 0.0222. The van der Waals surface area contributed by atoms with Crippen molar-refractivity contribution in [3.63, 3.8) is 0 Å². The lowest BCUT2D eigenvalue weighted by Gasteiger charge is -2.21. The number of rotatable bonds is 63. The van der Waals surface area contributed by atoms with Crippen molar-refractivity contribution < 1.29 is 80.2 Å². The first-order chi connectivity index (χ1) is 39.9. The van der Waals surface area contributed by atoms with E-state index in [9.17, 15) is 43.2 Å². The molecule has 492 valence electrons. The molecule has 0 aliphatic heterocycles. The van der Waals surface area contributed by atoms with Gasteiger partial charge in [-0.3, -0.25) is 37.3 Å². The number of phosphoric acid groups is 2. The molecule has 4 unspecified atom stereocenters. The third-order valence-corrected chi connectivity index (χ3v) is 17.3. The van der Waals surface area contributed by atoms with E-state index in [1.807, 2.05) is 0 Å². The van der Waals surface area contributed by atoms with E-state index in [1.165, 1.54) is 122 Å². The molecule has 0 rings (SSSR count). The molecule has 0 bridgehead atoms. The van der Waals surface area contributed by atoms with Gasteiger partial charge in [-0.05, 0) is 37.5 Å². The summed E-state index contributed by atoms with van der Waals surface area (Å²) in [5.74, 6) is -0.591. The molecule has 0 radical (unpaired) electrons. The third-order valence-electron chi connectivity index (χ3n) is 15.4. The highest BCUT2D eigenvalue weighted by Gasteiger charge is 2.30. The molecule has 0 aromatic heterocycles. The van der Waals surface area contributed by atoms with Crippen LogP contribution in [-0.2, 0) is 65.4 Å². The van der Waals surface area contributed by atoms with E-state index in [1.54, 1.807) is 0 Å². The van der Waals surface area contributed by atoms with E-state index in [0.717, 1.165) is 115 Å². The van der Waals surface area contributed by atoms with Crippen LogP contribution in [0.2, 0.25) is 0 Å². The van der Waals surface area contributed by atoms with Gasteiger partial charge in [0.15, 0.2) is 12.2 Å². The number of carbonyl (C=O) groups is 4. The molecule has 0 aromatic rings. The standard InChI is InChI=1S/C64H124O17P2/c1-7-11-13-15-17-18-19-20-21-30-36-42-48-63(68)80-59(52-74-61(66)46-40-34-26-16-14-12-8-2)54-78-82(70,71)76-50-58(65)51-77-83(72,73)79-55-60(81-64(69)49-43-37-31-25-23-28-33-39-45-57(6)10-4)53-75-62(67)47-41-35-29-24-22-27-32-38-44-56(5)9-3/h56-60,65H,7-55H2,1-6H3,(H,70,71)(H,72,73)/t56?,57?,58-,59+,60+/m0/s1. The minimum atomic E-state index is -4.94. The molecular formula is C64H124O17P2. The maximum Gasteiger partial charge on any atom is 0.472 e. The van der Waals surface area contributed by atoms with E-state index >= 15 is 0 Å². The molecule has 17 nitrogen and oxygen atoms in total. The van der Waals surface area contributed by atoms with Crippen LogP contribution in [0.1, 0.15) is 318 Å². The van der Waals surface area contributed by atoms with Gasteiger partial charge in [-0.1, -0.05) is 266 Å². The molecule has 0 aliphatic rings. The minimum Gasteiger partial charge on any atom is -0.462 e. The molecule has 0 amide bonds. The number of phosphoric ester groups is 2. The second-order valence-electron chi connectivity index (χ2n) is 23.6. The van der Waals surface area contributed by atoms with Gasteiger partial charge in [-0.25, -0.2) is 9.13 Å². The van der Waals surface area contributed by atoms with Gasteiger partial charge in [-0.2, -0.15) is 0 Å². The Balaban J connectivity index is 5.23. The SMILES string of the molecule is CCCCCCCCCCCCCCC(=O)O[C@H](COC(=O)CCCCCCCCC)COP(=O)(O)OC[C@H](O)COP(=O)(O)OC[C@@H](COC(=O)CCCCCCCCCCC(C)CC)OC(=O)CCCCCCCCCCC(C)CC. The van der Waals surface area contributed by atoms with Crippen molar-refractivity contribution >= 4 is 39.5 Å². The van der Waals surface area contributed by atoms with E-state index in [0.29, 0.717) is 25.7 Å². The summed E-state index contributed by atoms with van der Waals surface area (Å²) in [5, 5.41) is 10.5. The van der Waals surface area contributed by atoms with Gasteiger partial charge >= 0.3 is 39.5 Å². The van der Waals surface area contributed by atoms with Crippen molar-refractivity contribution in [1.29, 1.82) is 0 Å². The van der Waals surface area contributed by atoms with Crippen LogP contribution in [0.15, 0.2) is 0 Å². The highest BCUT2D eigenvalue weighted by atomic mass is 31.2. The number of carbonyl (C=O) groups excluding carboxylic acids is 4. The zero-order chi connectivity index (χ0) is 61.5. The van der Waals surface area contributed by atoms with Crippen LogP contribution in [0.3, 0.4) is 0 Å². The van der Waals surface area contributed by atoms with Gasteiger partial charge in [-0.15, -0.1) is 0 Å². The van der Waals surface area contributed by atoms with Crippen molar-refractivity contribution in [2.45, 2.75) is 336 Å². The van der Waals surface area contributed by atoms with Gasteiger partial charge in [0, 0.05) is 25.7 Å². The van der Waals surface area contributed by atoms with Crippen LogP contribution in [0.4, 0.5) is 0 Å². The second kappa shape index (κ2) is 56.6. The summed E-state index contributed by atoms with van der Waals surface area (Å²) in [6.07, 6.45) is 38.9. The molecule has 0 saturated carbocycles. The average Bonchev–Trinajstić information content (AvgIpc) is 3.46. The number of aliphatic hydroxyl groups excluding tert-OH is 1. The number of hydrogen-bond acceptors (Lipinski definition) is 15. The van der Waals surface area contributed by atoms with Crippen LogP contribution in [0.25, 0.3) is 0 Å². The van der Waals surface area contributed by atoms with Crippen molar-refractivity contribution in [3.8, 4) is 0 Å². The number of unbranched alkanes of at least 4 members (excludes halogenated alkanes) is 31. The molecule has 83 heavy (non-hydrogen) atoms. The zero-order valence-electron chi connectivity index (χ0n) is 53.5. The number of hydrogen-bond donors (Lipinski definition) is 3. The molecule has 0 aliphatic carbocycles. The van der Waals surface area contributed by atoms with Gasteiger partial charge in [0.25, 0.3) is 0 Å². The van der Waals surface area contributed by atoms with Gasteiger partial charge < -0.3 is 33.8 Å². The van der Waals surface area contributed by atoms with Gasteiger partial charge in [0.05, 0.1) is 26.4 Å². The van der Waals surface area contributed by atoms with Crippen LogP contribution < -0.4 is 0 Å². The maximum absolute atomic E-state index is 13.0. The number of aliphatic hydroxyl groups is 1. The molecule has 0 fully saturated rings. The average molecular weight is 1230 g/mol. The monoisotopic (exact) mass is 1230 g/mol. The summed E-state index contributed by atoms with van der Waals surface area (Å²) in [7, 11) is -9.88. The molecule has 0 spiro atoms. The summed E-state index contributed by atoms with van der Waals surface area (Å²) < 4.78 is 67.9. The Bertz CT molecular complexity index is 1640. The summed E-state index contributed by atoms with van der Waals surface area (Å²) in [4.78, 5) is 72.1. The lowest BCUT2D eigenvalue weighted by Crippen LogP contribution is -2.30. The van der Waals surface area contributed by atoms with Crippen molar-refractivity contribution in [1.82, 2.24) is 0 Å². The first-order valence-corrected chi connectivity index (χ1v) is 36.6. The van der Waals surface area contributed by atoms with E-state index in [4.69, 9.17) is 37.0 Å². The lowest BCUT2D eigenvalue weighted by atomic mass is 9.99. The lowest BCUT2D eigenvalue weighted by molar-refractivity contribution is -0.161. The Morgan fingerprint density at radius 2 is 0.578 bits per heavy atom. The minimum absolute atomic E-state index is 0.104. The number of esters is 4. The summed E-state index contributed by atoms with van der Waals surface area (Å²) in [5.41, 5.74) is 0. The fourth-order valence-electron chi connectivity index (χ4n) is 9.47. The van der Waals surface area contributed by atoms with Crippen LogP contribution in [0, 0.1) is 11.8 Å². The van der Waals surface area contributed by atoms with E-state index in [-0.39, 0.29) is 25.7 Å². The first kappa shape index (κ1) is 81.1. The fraction of sp³-hybridized carbons (Fsp3) is 0.938. The maximum atomic E-state index is 13.0. The number of ether oxygens (including phenoxy) is 4. The Morgan fingerprint density at radius 1 is 0.337 bits per heavy atom. The van der Waals surface area contributed by atoms with Crippen molar-refractivity contribution in [2.75, 3.05) is 39.6 Å². The Labute approximate surface area is 505 Å². The normalized spacial score (nSPS) is 15.0.